The van der Waals surface area contributed by atoms with Crippen LogP contribution in [0.2, 0.25) is 0 Å². The van der Waals surface area contributed by atoms with Crippen molar-refractivity contribution in [3.05, 3.63) is 101 Å². The number of hydrogen-bond donors (Lipinski definition) is 1. The molecule has 1 unspecified atom stereocenters. The molecule has 4 aromatic rings. The molecule has 3 aliphatic carbocycles. The fourth-order valence-electron chi connectivity index (χ4n) is 7.05. The van der Waals surface area contributed by atoms with Crippen molar-refractivity contribution in [3.8, 4) is 11.8 Å². The van der Waals surface area contributed by atoms with Crippen molar-refractivity contribution < 1.29 is 13.2 Å². The number of ether oxygens (including phenoxy) is 1. The molecule has 0 spiro atoms. The maximum atomic E-state index is 13.0. The van der Waals surface area contributed by atoms with E-state index in [-0.39, 0.29) is 27.1 Å². The van der Waals surface area contributed by atoms with E-state index in [0.29, 0.717) is 18.2 Å². The third kappa shape index (κ3) is 5.84. The first-order valence-electron chi connectivity index (χ1n) is 15.2. The topological polar surface area (TPSA) is 108 Å². The van der Waals surface area contributed by atoms with Gasteiger partial charge in [-0.15, -0.1) is 0 Å². The Morgan fingerprint density at radius 2 is 1.86 bits per heavy atom. The van der Waals surface area contributed by atoms with E-state index < -0.39 is 10.0 Å². The second kappa shape index (κ2) is 12.7. The maximum Gasteiger partial charge on any atom is 0.263 e. The van der Waals surface area contributed by atoms with Gasteiger partial charge in [-0.2, -0.15) is 9.64 Å². The SMILES string of the molecule is CCCCN(C)CC(CCC12CCC(c3ccccc31)c1ccccc12)Oc1ccc(S(=O)(=O)Nc2ncns2)cc1C#N. The normalized spacial score (nSPS) is 19.2. The monoisotopic (exact) mass is 627 g/mol. The maximum absolute atomic E-state index is 13.0. The Kier molecular flexibility index (Phi) is 8.72. The van der Waals surface area contributed by atoms with Crippen LogP contribution in [0.3, 0.4) is 0 Å². The van der Waals surface area contributed by atoms with Crippen LogP contribution in [0.1, 0.15) is 79.2 Å². The van der Waals surface area contributed by atoms with Gasteiger partial charge in [0.25, 0.3) is 10.0 Å². The number of unbranched alkanes of at least 4 members (excludes halogenated alkanes) is 1. The Hall–Kier alpha value is -3.78. The first kappa shape index (κ1) is 30.3. The van der Waals surface area contributed by atoms with E-state index in [9.17, 15) is 13.7 Å². The third-order valence-electron chi connectivity index (χ3n) is 9.12. The molecular formula is C34H37N5O3S2. The molecule has 1 aromatic heterocycles. The Bertz CT molecular complexity index is 1720. The fourth-order valence-corrected chi connectivity index (χ4v) is 8.74. The Balaban J connectivity index is 1.28. The summed E-state index contributed by atoms with van der Waals surface area (Å²) in [5.41, 5.74) is 5.85. The number of hydrogen-bond acceptors (Lipinski definition) is 8. The van der Waals surface area contributed by atoms with Gasteiger partial charge in [0.15, 0.2) is 0 Å². The highest BCUT2D eigenvalue weighted by Crippen LogP contribution is 2.58. The number of anilines is 1. The summed E-state index contributed by atoms with van der Waals surface area (Å²) in [5, 5.41) is 10.2. The third-order valence-corrected chi connectivity index (χ3v) is 11.2. The molecule has 3 aromatic carbocycles. The average molecular weight is 628 g/mol. The molecule has 228 valence electrons. The van der Waals surface area contributed by atoms with Gasteiger partial charge < -0.3 is 9.64 Å². The lowest BCUT2D eigenvalue weighted by Gasteiger charge is -2.50. The van der Waals surface area contributed by atoms with Gasteiger partial charge in [-0.1, -0.05) is 61.9 Å². The van der Waals surface area contributed by atoms with Crippen LogP contribution in [-0.2, 0) is 15.4 Å². The second-order valence-corrected chi connectivity index (χ2v) is 14.3. The van der Waals surface area contributed by atoms with E-state index in [2.05, 4.69) is 87.6 Å². The van der Waals surface area contributed by atoms with Crippen molar-refractivity contribution >= 4 is 26.7 Å². The summed E-state index contributed by atoms with van der Waals surface area (Å²) in [4.78, 5) is 6.17. The Labute approximate surface area is 263 Å². The fraction of sp³-hybridized carbons (Fsp3) is 0.382. The number of nitrogens with zero attached hydrogens (tertiary/aromatic N) is 4. The van der Waals surface area contributed by atoms with Gasteiger partial charge >= 0.3 is 0 Å². The first-order valence-corrected chi connectivity index (χ1v) is 17.5. The quantitative estimate of drug-likeness (QED) is 0.176. The van der Waals surface area contributed by atoms with Crippen molar-refractivity contribution in [1.82, 2.24) is 14.3 Å². The Morgan fingerprint density at radius 3 is 2.52 bits per heavy atom. The second-order valence-electron chi connectivity index (χ2n) is 11.9. The molecule has 0 amide bonds. The van der Waals surface area contributed by atoms with Crippen molar-refractivity contribution in [2.24, 2.45) is 0 Å². The number of nitrogens with one attached hydrogen (secondary N) is 1. The number of likely N-dealkylation sites (N-methyl/N-ethyl adjacent to an activating group) is 1. The van der Waals surface area contributed by atoms with Gasteiger partial charge in [0.2, 0.25) is 5.13 Å². The number of nitriles is 1. The zero-order valence-corrected chi connectivity index (χ0v) is 26.7. The van der Waals surface area contributed by atoms with E-state index >= 15 is 0 Å². The van der Waals surface area contributed by atoms with Crippen LogP contribution in [0, 0.1) is 11.3 Å². The smallest absolute Gasteiger partial charge is 0.263 e. The zero-order chi connectivity index (χ0) is 30.7. The molecule has 0 saturated heterocycles. The molecule has 2 bridgehead atoms. The van der Waals surface area contributed by atoms with Gasteiger partial charge in [-0.05, 0) is 86.1 Å². The molecule has 1 atom stereocenters. The average Bonchev–Trinajstić information content (AvgIpc) is 3.55. The summed E-state index contributed by atoms with van der Waals surface area (Å²) < 4.78 is 38.8. The first-order chi connectivity index (χ1) is 21.3. The van der Waals surface area contributed by atoms with Crippen LogP contribution in [0.5, 0.6) is 5.75 Å². The van der Waals surface area contributed by atoms with Gasteiger partial charge in [0.05, 0.1) is 10.5 Å². The van der Waals surface area contributed by atoms with Crippen LogP contribution in [-0.4, -0.2) is 48.9 Å². The minimum Gasteiger partial charge on any atom is -0.488 e. The predicted octanol–water partition coefficient (Wildman–Crippen LogP) is 6.70. The summed E-state index contributed by atoms with van der Waals surface area (Å²) in [5.74, 6) is 0.840. The molecule has 3 aliphatic rings. The van der Waals surface area contributed by atoms with E-state index in [0.717, 1.165) is 56.6 Å². The predicted molar refractivity (Wildman–Crippen MR) is 173 cm³/mol. The van der Waals surface area contributed by atoms with Crippen LogP contribution in [0.15, 0.2) is 78.0 Å². The standard InChI is InChI=1S/C34H37N5O3S2/c1-3-4-19-39(2)22-25(42-32-14-13-26(20-24(32)21-35)44(40,41)38-33-36-23-37-43-33)15-17-34-18-16-27(28-9-5-7-11-30(28)34)29-10-6-8-12-31(29)34/h5-14,20,23,25,27H,3-4,15-19,22H2,1-2H3,(H,36,37,38). The molecular weight excluding hydrogens is 591 g/mol. The summed E-state index contributed by atoms with van der Waals surface area (Å²) in [7, 11) is -1.82. The van der Waals surface area contributed by atoms with E-state index in [4.69, 9.17) is 4.74 Å². The molecule has 7 rings (SSSR count). The van der Waals surface area contributed by atoms with Gasteiger partial charge in [-0.25, -0.2) is 13.4 Å². The van der Waals surface area contributed by atoms with Gasteiger partial charge in [0.1, 0.15) is 24.3 Å². The molecule has 0 aliphatic heterocycles. The highest BCUT2D eigenvalue weighted by atomic mass is 32.2. The summed E-state index contributed by atoms with van der Waals surface area (Å²) in [6, 6.07) is 24.4. The van der Waals surface area contributed by atoms with E-state index in [1.165, 1.54) is 40.7 Å². The zero-order valence-electron chi connectivity index (χ0n) is 25.1. The summed E-state index contributed by atoms with van der Waals surface area (Å²) >= 11 is 0.944. The summed E-state index contributed by atoms with van der Waals surface area (Å²) in [6.07, 6.45) is 7.22. The van der Waals surface area contributed by atoms with Crippen LogP contribution in [0.4, 0.5) is 5.13 Å². The molecule has 10 heteroatoms. The molecule has 44 heavy (non-hydrogen) atoms. The van der Waals surface area contributed by atoms with Crippen molar-refractivity contribution in [3.63, 3.8) is 0 Å². The molecule has 1 heterocycles. The van der Waals surface area contributed by atoms with Crippen molar-refractivity contribution in [2.45, 2.75) is 67.8 Å². The van der Waals surface area contributed by atoms with Crippen LogP contribution < -0.4 is 9.46 Å². The minimum absolute atomic E-state index is 0.0284. The van der Waals surface area contributed by atoms with E-state index in [1.54, 1.807) is 6.07 Å². The largest absolute Gasteiger partial charge is 0.488 e. The highest BCUT2D eigenvalue weighted by Gasteiger charge is 2.47. The number of aromatic nitrogens is 2. The van der Waals surface area contributed by atoms with Crippen molar-refractivity contribution in [1.29, 1.82) is 5.26 Å². The highest BCUT2D eigenvalue weighted by molar-refractivity contribution is 7.93. The lowest BCUT2D eigenvalue weighted by Crippen LogP contribution is -2.42. The van der Waals surface area contributed by atoms with Gasteiger partial charge in [-0.3, -0.25) is 4.72 Å². The number of benzene rings is 3. The summed E-state index contributed by atoms with van der Waals surface area (Å²) in [6.45, 7) is 3.84. The van der Waals surface area contributed by atoms with Crippen LogP contribution in [0.25, 0.3) is 0 Å². The molecule has 0 fully saturated rings. The Morgan fingerprint density at radius 1 is 1.14 bits per heavy atom. The minimum atomic E-state index is -3.94. The van der Waals surface area contributed by atoms with Crippen LogP contribution >= 0.6 is 11.5 Å². The molecule has 0 saturated carbocycles. The van der Waals surface area contributed by atoms with Gasteiger partial charge in [0, 0.05) is 29.4 Å². The lowest BCUT2D eigenvalue weighted by molar-refractivity contribution is 0.127. The molecule has 0 radical (unpaired) electrons. The number of sulfonamides is 1. The lowest BCUT2D eigenvalue weighted by atomic mass is 9.54. The molecule has 8 nitrogen and oxygen atoms in total. The number of rotatable bonds is 13. The molecule has 1 N–H and O–H groups in total. The van der Waals surface area contributed by atoms with Crippen molar-refractivity contribution in [2.75, 3.05) is 24.9 Å². The number of fused-ring (bicyclic) bond motifs is 1. The van der Waals surface area contributed by atoms with E-state index in [1.807, 2.05) is 0 Å².